The molecule has 21 aromatic rings. The molecule has 0 N–H and O–H groups in total. The van der Waals surface area contributed by atoms with Crippen LogP contribution < -0.4 is 16.4 Å². The number of pyridine rings is 2. The van der Waals surface area contributed by atoms with E-state index in [4.69, 9.17) is 37.9 Å². The zero-order chi connectivity index (χ0) is 83.8. The number of fused-ring (bicyclic) bond motifs is 3. The summed E-state index contributed by atoms with van der Waals surface area (Å²) in [5, 5.41) is 30.3. The molecule has 5 heterocycles. The Balaban J connectivity index is 0.000000110. The van der Waals surface area contributed by atoms with E-state index >= 15 is 0 Å². The zero-order valence-corrected chi connectivity index (χ0v) is 71.3. The summed E-state index contributed by atoms with van der Waals surface area (Å²) in [6.45, 7) is 25.1. The van der Waals surface area contributed by atoms with Crippen LogP contribution in [0.15, 0.2) is 334 Å². The van der Waals surface area contributed by atoms with Crippen molar-refractivity contribution in [1.29, 1.82) is 0 Å². The van der Waals surface area contributed by atoms with Crippen molar-refractivity contribution in [2.45, 2.75) is 117 Å². The number of hydrogen-bond acceptors (Lipinski definition) is 8. The Bertz CT molecular complexity index is 7690. The molecule has 0 unspecified atom stereocenters. The summed E-state index contributed by atoms with van der Waals surface area (Å²) in [7, 11) is -1.16. The molecular weight excluding hydrogens is 1500 g/mol. The molecule has 2 aromatic heterocycles. The predicted octanol–water partition coefficient (Wildman–Crippen LogP) is 26.9. The smallest absolute Gasteiger partial charge is 0.399 e. The standard InChI is InChI=1S/C42H33BO2.C37H30BNO2.C33H28BNO2/c1-41(2)42(3,4)45-43(44-41)34-18-13-30-24-33(12-10-31(30)25-34)36-20-15-28-16-21-37-35(19-14-27-17-22-38(36)40(28)39(27)37)32-11-9-26-7-5-6-8-29(26)23-32;1-36(2)37(3,4)41-38(40-36)26-16-21-33(39-22-26)30-18-13-25-14-19-31-29(17-12-24-15-20-32(30)35(25)34(24)31)28-11-7-9-23-8-5-6-10-27(23)28;1-32(2)33(3,4)37-34(36-32)27-19-24-15-13-22-17-26(18-23-14-16-25(20-27)31(24)30(22)23)29-12-8-11-28(35-29)21-9-6-5-7-10-21/h5-25H,1-4H3;5-22H,1-4H3;5-20H,1-4H3. The van der Waals surface area contributed by atoms with Gasteiger partial charge in [-0.05, 0) is 299 Å². The van der Waals surface area contributed by atoms with E-state index in [9.17, 15) is 0 Å². The highest BCUT2D eigenvalue weighted by atomic mass is 16.7. The highest BCUT2D eigenvalue weighted by Gasteiger charge is 2.54. The van der Waals surface area contributed by atoms with Crippen molar-refractivity contribution in [3.63, 3.8) is 0 Å². The Morgan fingerprint density at radius 1 is 0.195 bits per heavy atom. The first kappa shape index (κ1) is 76.5. The minimum Gasteiger partial charge on any atom is -0.399 e. The van der Waals surface area contributed by atoms with Gasteiger partial charge in [0, 0.05) is 28.4 Å². The van der Waals surface area contributed by atoms with Gasteiger partial charge in [0.25, 0.3) is 0 Å². The number of rotatable bonds is 9. The van der Waals surface area contributed by atoms with Crippen LogP contribution in [-0.4, -0.2) is 64.9 Å². The molecule has 0 amide bonds. The molecule has 0 radical (unpaired) electrons. The normalized spacial score (nSPS) is 16.4. The van der Waals surface area contributed by atoms with E-state index in [1.165, 1.54) is 163 Å². The highest BCUT2D eigenvalue weighted by molar-refractivity contribution is 6.63. The molecule has 3 aliphatic rings. The second kappa shape index (κ2) is 28.5. The van der Waals surface area contributed by atoms with Gasteiger partial charge in [-0.25, -0.2) is 4.98 Å². The van der Waals surface area contributed by atoms with E-state index in [0.717, 1.165) is 50.2 Å². The third kappa shape index (κ3) is 12.8. The first-order valence-corrected chi connectivity index (χ1v) is 43.1. The van der Waals surface area contributed by atoms with Gasteiger partial charge >= 0.3 is 21.4 Å². The molecule has 0 atom stereocenters. The third-order valence-corrected chi connectivity index (χ3v) is 28.0. The van der Waals surface area contributed by atoms with E-state index in [0.29, 0.717) is 0 Å². The molecule has 3 saturated heterocycles. The number of aromatic nitrogens is 2. The van der Waals surface area contributed by atoms with E-state index < -0.39 is 7.12 Å². The molecule has 19 aromatic carbocycles. The molecule has 123 heavy (non-hydrogen) atoms. The molecule has 0 saturated carbocycles. The summed E-state index contributed by atoms with van der Waals surface area (Å²) >= 11 is 0. The van der Waals surface area contributed by atoms with Gasteiger partial charge < -0.3 is 27.9 Å². The van der Waals surface area contributed by atoms with Gasteiger partial charge in [0.05, 0.1) is 50.7 Å². The topological polar surface area (TPSA) is 81.2 Å². The van der Waals surface area contributed by atoms with Crippen molar-refractivity contribution in [2.75, 3.05) is 0 Å². The molecule has 8 nitrogen and oxygen atoms in total. The van der Waals surface area contributed by atoms with Crippen LogP contribution in [0.25, 0.3) is 196 Å². The summed E-state index contributed by atoms with van der Waals surface area (Å²) in [6, 6.07) is 119. The first-order valence-electron chi connectivity index (χ1n) is 43.1. The fourth-order valence-electron chi connectivity index (χ4n) is 19.1. The van der Waals surface area contributed by atoms with E-state index in [1.54, 1.807) is 0 Å². The second-order valence-electron chi connectivity index (χ2n) is 37.0. The van der Waals surface area contributed by atoms with Crippen molar-refractivity contribution in [3.8, 4) is 67.2 Å². The van der Waals surface area contributed by atoms with Crippen LogP contribution >= 0.6 is 0 Å². The molecule has 0 spiro atoms. The Morgan fingerprint density at radius 3 is 1.07 bits per heavy atom. The van der Waals surface area contributed by atoms with Crippen LogP contribution in [0.4, 0.5) is 0 Å². The Hall–Kier alpha value is -12.7. The van der Waals surface area contributed by atoms with Crippen LogP contribution in [0.5, 0.6) is 0 Å². The lowest BCUT2D eigenvalue weighted by Crippen LogP contribution is -2.41. The number of nitrogens with zero attached hydrogens (tertiary/aromatic N) is 2. The molecule has 24 rings (SSSR count). The fraction of sp³-hybridized carbons (Fsp3) is 0.161. The molecule has 11 heteroatoms. The number of benzene rings is 19. The van der Waals surface area contributed by atoms with E-state index in [2.05, 4.69) is 405 Å². The minimum absolute atomic E-state index is 0.359. The maximum atomic E-state index is 6.35. The third-order valence-electron chi connectivity index (χ3n) is 28.0. The second-order valence-corrected chi connectivity index (χ2v) is 37.0. The lowest BCUT2D eigenvalue weighted by Gasteiger charge is -2.32. The van der Waals surface area contributed by atoms with E-state index in [1.807, 2.05) is 12.3 Å². The van der Waals surface area contributed by atoms with E-state index in [-0.39, 0.29) is 47.8 Å². The van der Waals surface area contributed by atoms with Gasteiger partial charge in [-0.15, -0.1) is 0 Å². The van der Waals surface area contributed by atoms with Crippen LogP contribution in [0.1, 0.15) is 83.1 Å². The lowest BCUT2D eigenvalue weighted by molar-refractivity contribution is 0.00578. The summed E-state index contributed by atoms with van der Waals surface area (Å²) in [5.41, 5.74) is 14.7. The lowest BCUT2D eigenvalue weighted by atomic mass is 9.76. The Kier molecular flexibility index (Phi) is 17.7. The summed E-state index contributed by atoms with van der Waals surface area (Å²) in [5.74, 6) is 0. The summed E-state index contributed by atoms with van der Waals surface area (Å²) < 4.78 is 37.9. The minimum atomic E-state index is -0.421. The van der Waals surface area contributed by atoms with Gasteiger partial charge in [-0.2, -0.15) is 0 Å². The highest BCUT2D eigenvalue weighted by Crippen LogP contribution is 2.48. The van der Waals surface area contributed by atoms with Crippen molar-refractivity contribution in [2.24, 2.45) is 0 Å². The van der Waals surface area contributed by atoms with Gasteiger partial charge in [-0.1, -0.05) is 285 Å². The average Bonchev–Trinajstić information content (AvgIpc) is 0.889. The van der Waals surface area contributed by atoms with Crippen LogP contribution in [-0.2, 0) is 27.9 Å². The van der Waals surface area contributed by atoms with Gasteiger partial charge in [0.1, 0.15) is 0 Å². The average molecular weight is 1590 g/mol. The quantitative estimate of drug-likeness (QED) is 0.104. The Labute approximate surface area is 717 Å². The number of hydrogen-bond donors (Lipinski definition) is 0. The first-order chi connectivity index (χ1) is 59.3. The van der Waals surface area contributed by atoms with Crippen LogP contribution in [0.2, 0.25) is 0 Å². The molecule has 3 aliphatic heterocycles. The van der Waals surface area contributed by atoms with Crippen LogP contribution in [0, 0.1) is 0 Å². The fourth-order valence-corrected chi connectivity index (χ4v) is 19.1. The SMILES string of the molecule is CC1(C)OB(c2cc3ccc4cc(-c5cccc(-c6ccccc6)n5)cc5ccc(c2)c3c45)OC1(C)C.CC1(C)OB(c2ccc(-c3ccc4ccc5c(-c6cccc7ccccc67)ccc6ccc3c4c65)nc2)OC1(C)C.CC1(C)OB(c2ccc3cc(-c4ccc5ccc6c(-c7ccc8ccccc8c7)ccc7ccc4c5c76)ccc3c2)OC1(C)C. The molecule has 0 bridgehead atoms. The maximum absolute atomic E-state index is 6.35. The largest absolute Gasteiger partial charge is 0.496 e. The van der Waals surface area contributed by atoms with Crippen molar-refractivity contribution in [3.05, 3.63) is 334 Å². The van der Waals surface area contributed by atoms with Gasteiger partial charge in [0.2, 0.25) is 0 Å². The van der Waals surface area contributed by atoms with Crippen LogP contribution in [0.3, 0.4) is 0 Å². The Morgan fingerprint density at radius 2 is 0.537 bits per heavy atom. The zero-order valence-electron chi connectivity index (χ0n) is 71.3. The molecule has 0 aliphatic carbocycles. The predicted molar refractivity (Wildman–Crippen MR) is 518 cm³/mol. The van der Waals surface area contributed by atoms with Crippen molar-refractivity contribution in [1.82, 2.24) is 9.97 Å². The van der Waals surface area contributed by atoms with Gasteiger partial charge in [0.15, 0.2) is 0 Å². The maximum Gasteiger partial charge on any atom is 0.496 e. The molecule has 3 fully saturated rings. The summed E-state index contributed by atoms with van der Waals surface area (Å²) in [6.07, 6.45) is 1.90. The molecule has 594 valence electrons. The molecular formula is C112H91B3N2O6. The monoisotopic (exact) mass is 1590 g/mol. The summed E-state index contributed by atoms with van der Waals surface area (Å²) in [4.78, 5) is 9.91. The van der Waals surface area contributed by atoms with Crippen molar-refractivity contribution < 1.29 is 27.9 Å². The van der Waals surface area contributed by atoms with Crippen molar-refractivity contribution >= 4 is 167 Å². The van der Waals surface area contributed by atoms with Gasteiger partial charge in [-0.3, -0.25) is 4.98 Å².